The highest BCUT2D eigenvalue weighted by Crippen LogP contribution is 2.23. The minimum Gasteiger partial charge on any atom is -0.350 e. The van der Waals surface area contributed by atoms with E-state index in [4.69, 9.17) is 11.6 Å². The second-order valence-corrected chi connectivity index (χ2v) is 5.96. The van der Waals surface area contributed by atoms with E-state index in [2.05, 4.69) is 10.6 Å². The maximum atomic E-state index is 12.0. The van der Waals surface area contributed by atoms with Crippen molar-refractivity contribution >= 4 is 35.2 Å². The van der Waals surface area contributed by atoms with E-state index in [-0.39, 0.29) is 17.9 Å². The smallest absolute Gasteiger partial charge is 0.251 e. The summed E-state index contributed by atoms with van der Waals surface area (Å²) in [6, 6.07) is 14.3. The van der Waals surface area contributed by atoms with Crippen molar-refractivity contribution in [3.05, 3.63) is 70.8 Å². The van der Waals surface area contributed by atoms with Crippen LogP contribution in [0.25, 0.3) is 6.08 Å². The summed E-state index contributed by atoms with van der Waals surface area (Å²) in [6.45, 7) is 3.76. The van der Waals surface area contributed by atoms with Crippen LogP contribution in [0, 0.1) is 0 Å². The van der Waals surface area contributed by atoms with Gasteiger partial charge in [-0.25, -0.2) is 0 Å². The molecule has 124 valence electrons. The number of hydrogen-bond donors (Lipinski definition) is 2. The average molecular weight is 343 g/mol. The summed E-state index contributed by atoms with van der Waals surface area (Å²) >= 11 is 6.10. The first-order chi connectivity index (χ1) is 11.5. The first kappa shape index (κ1) is 17.8. The second kappa shape index (κ2) is 8.31. The second-order valence-electron chi connectivity index (χ2n) is 5.56. The maximum Gasteiger partial charge on any atom is 0.251 e. The Morgan fingerprint density at radius 1 is 1.08 bits per heavy atom. The maximum absolute atomic E-state index is 12.0. The van der Waals surface area contributed by atoms with Gasteiger partial charge in [0.25, 0.3) is 5.91 Å². The predicted octanol–water partition coefficient (Wildman–Crippen LogP) is 4.13. The molecule has 0 aliphatic heterocycles. The Hall–Kier alpha value is -2.59. The van der Waals surface area contributed by atoms with Crippen LogP contribution in [0.3, 0.4) is 0 Å². The third-order valence-corrected chi connectivity index (χ3v) is 3.46. The molecule has 0 radical (unpaired) electrons. The molecule has 0 aliphatic carbocycles. The van der Waals surface area contributed by atoms with Gasteiger partial charge in [0, 0.05) is 17.7 Å². The highest BCUT2D eigenvalue weighted by Gasteiger charge is 2.11. The van der Waals surface area contributed by atoms with Gasteiger partial charge >= 0.3 is 0 Å². The molecule has 0 saturated carbocycles. The van der Waals surface area contributed by atoms with Crippen LogP contribution < -0.4 is 10.6 Å². The fourth-order valence-corrected chi connectivity index (χ4v) is 2.18. The molecule has 2 amide bonds. The van der Waals surface area contributed by atoms with Gasteiger partial charge in [-0.2, -0.15) is 0 Å². The number of anilines is 1. The zero-order valence-corrected chi connectivity index (χ0v) is 14.3. The molecule has 0 heterocycles. The molecule has 4 nitrogen and oxygen atoms in total. The normalized spacial score (nSPS) is 10.8. The molecule has 0 unspecified atom stereocenters. The van der Waals surface area contributed by atoms with Crippen LogP contribution in [0.1, 0.15) is 29.8 Å². The van der Waals surface area contributed by atoms with Crippen molar-refractivity contribution in [1.29, 1.82) is 0 Å². The lowest BCUT2D eigenvalue weighted by Crippen LogP contribution is -2.30. The minimum absolute atomic E-state index is 0.0278. The lowest BCUT2D eigenvalue weighted by molar-refractivity contribution is -0.111. The molecule has 0 saturated heterocycles. The molecule has 2 N–H and O–H groups in total. The Balaban J connectivity index is 2.09. The van der Waals surface area contributed by atoms with E-state index in [0.717, 1.165) is 5.56 Å². The van der Waals surface area contributed by atoms with Gasteiger partial charge in [0.1, 0.15) is 0 Å². The number of carbonyl (C=O) groups excluding carboxylic acids is 2. The first-order valence-corrected chi connectivity index (χ1v) is 7.98. The highest BCUT2D eigenvalue weighted by atomic mass is 35.5. The fraction of sp³-hybridized carbons (Fsp3) is 0.158. The molecule has 0 spiro atoms. The molecular formula is C19H19ClN2O2. The lowest BCUT2D eigenvalue weighted by atomic mass is 10.1. The molecule has 24 heavy (non-hydrogen) atoms. The molecular weight excluding hydrogens is 324 g/mol. The Bertz CT molecular complexity index is 755. The zero-order chi connectivity index (χ0) is 17.5. The Labute approximate surface area is 146 Å². The number of amides is 2. The van der Waals surface area contributed by atoms with Crippen LogP contribution in [-0.4, -0.2) is 17.9 Å². The summed E-state index contributed by atoms with van der Waals surface area (Å²) in [6.07, 6.45) is 3.13. The van der Waals surface area contributed by atoms with Crippen LogP contribution in [0.2, 0.25) is 5.02 Å². The van der Waals surface area contributed by atoms with Crippen molar-refractivity contribution in [2.75, 3.05) is 5.32 Å². The number of hydrogen-bond acceptors (Lipinski definition) is 2. The van der Waals surface area contributed by atoms with E-state index >= 15 is 0 Å². The Morgan fingerprint density at radius 2 is 1.79 bits per heavy atom. The summed E-state index contributed by atoms with van der Waals surface area (Å²) in [5.74, 6) is -0.529. The van der Waals surface area contributed by atoms with Gasteiger partial charge in [-0.05, 0) is 43.7 Å². The quantitative estimate of drug-likeness (QED) is 0.803. The molecule has 0 bridgehead atoms. The summed E-state index contributed by atoms with van der Waals surface area (Å²) in [4.78, 5) is 24.1. The monoisotopic (exact) mass is 342 g/mol. The number of halogens is 1. The first-order valence-electron chi connectivity index (χ1n) is 7.60. The average Bonchev–Trinajstić information content (AvgIpc) is 2.55. The topological polar surface area (TPSA) is 58.2 Å². The van der Waals surface area contributed by atoms with Gasteiger partial charge in [0.15, 0.2) is 0 Å². The SMILES string of the molecule is CC(C)NC(=O)c1ccc(Cl)c(NC(=O)/C=C/c2ccccc2)c1. The molecule has 0 fully saturated rings. The number of benzene rings is 2. The fourth-order valence-electron chi connectivity index (χ4n) is 2.02. The van der Waals surface area contributed by atoms with E-state index in [1.165, 1.54) is 6.08 Å². The van der Waals surface area contributed by atoms with E-state index < -0.39 is 0 Å². The summed E-state index contributed by atoms with van der Waals surface area (Å²) in [5.41, 5.74) is 1.76. The van der Waals surface area contributed by atoms with Crippen LogP contribution in [0.15, 0.2) is 54.6 Å². The van der Waals surface area contributed by atoms with Gasteiger partial charge in [0.05, 0.1) is 10.7 Å². The van der Waals surface area contributed by atoms with Crippen LogP contribution in [-0.2, 0) is 4.79 Å². The summed E-state index contributed by atoms with van der Waals surface area (Å²) < 4.78 is 0. The van der Waals surface area contributed by atoms with Crippen LogP contribution in [0.4, 0.5) is 5.69 Å². The van der Waals surface area contributed by atoms with Crippen molar-refractivity contribution < 1.29 is 9.59 Å². The summed E-state index contributed by atoms with van der Waals surface area (Å²) in [7, 11) is 0. The molecule has 2 rings (SSSR count). The van der Waals surface area contributed by atoms with Crippen molar-refractivity contribution in [2.45, 2.75) is 19.9 Å². The Morgan fingerprint density at radius 3 is 2.46 bits per heavy atom. The van der Waals surface area contributed by atoms with Gasteiger partial charge < -0.3 is 10.6 Å². The number of nitrogens with one attached hydrogen (secondary N) is 2. The zero-order valence-electron chi connectivity index (χ0n) is 13.5. The number of carbonyl (C=O) groups is 2. The molecule has 0 atom stereocenters. The van der Waals surface area contributed by atoms with E-state index in [9.17, 15) is 9.59 Å². The molecule has 0 aliphatic rings. The van der Waals surface area contributed by atoms with Crippen molar-refractivity contribution in [2.24, 2.45) is 0 Å². The van der Waals surface area contributed by atoms with Gasteiger partial charge in [-0.1, -0.05) is 41.9 Å². The molecule has 2 aromatic carbocycles. The van der Waals surface area contributed by atoms with E-state index in [1.807, 2.05) is 44.2 Å². The third kappa shape index (κ3) is 5.25. The molecule has 2 aromatic rings. The lowest BCUT2D eigenvalue weighted by Gasteiger charge is -2.11. The van der Waals surface area contributed by atoms with Crippen molar-refractivity contribution in [3.8, 4) is 0 Å². The van der Waals surface area contributed by atoms with Crippen molar-refractivity contribution in [3.63, 3.8) is 0 Å². The van der Waals surface area contributed by atoms with Gasteiger partial charge in [-0.3, -0.25) is 9.59 Å². The van der Waals surface area contributed by atoms with Gasteiger partial charge in [-0.15, -0.1) is 0 Å². The number of rotatable bonds is 5. The molecule has 5 heteroatoms. The predicted molar refractivity (Wildman–Crippen MR) is 98.2 cm³/mol. The van der Waals surface area contributed by atoms with Gasteiger partial charge in [0.2, 0.25) is 5.91 Å². The van der Waals surface area contributed by atoms with Crippen LogP contribution >= 0.6 is 11.6 Å². The molecule has 0 aromatic heterocycles. The minimum atomic E-state index is -0.317. The van der Waals surface area contributed by atoms with E-state index in [1.54, 1.807) is 24.3 Å². The standard InChI is InChI=1S/C19H19ClN2O2/c1-13(2)21-19(24)15-9-10-16(20)17(12-15)22-18(23)11-8-14-6-4-3-5-7-14/h3-13H,1-2H3,(H,21,24)(H,22,23)/b11-8+. The third-order valence-electron chi connectivity index (χ3n) is 3.13. The van der Waals surface area contributed by atoms with Crippen molar-refractivity contribution in [1.82, 2.24) is 5.32 Å². The Kier molecular flexibility index (Phi) is 6.15. The highest BCUT2D eigenvalue weighted by molar-refractivity contribution is 6.34. The van der Waals surface area contributed by atoms with E-state index in [0.29, 0.717) is 16.3 Å². The van der Waals surface area contributed by atoms with Crippen LogP contribution in [0.5, 0.6) is 0 Å². The largest absolute Gasteiger partial charge is 0.350 e. The summed E-state index contributed by atoms with van der Waals surface area (Å²) in [5, 5.41) is 5.86.